The van der Waals surface area contributed by atoms with Crippen molar-refractivity contribution >= 4 is 23.2 Å². The number of hydrogen-bond donors (Lipinski definition) is 0. The Hall–Kier alpha value is -1.40. The van der Waals surface area contributed by atoms with E-state index >= 15 is 0 Å². The second-order valence-electron chi connectivity index (χ2n) is 6.04. The van der Waals surface area contributed by atoms with Crippen LogP contribution in [0.3, 0.4) is 0 Å². The van der Waals surface area contributed by atoms with Gasteiger partial charge in [0, 0.05) is 44.5 Å². The van der Waals surface area contributed by atoms with Crippen LogP contribution in [0.4, 0.5) is 0 Å². The van der Waals surface area contributed by atoms with Crippen LogP contribution in [0.15, 0.2) is 17.5 Å². The van der Waals surface area contributed by atoms with Crippen LogP contribution in [0.5, 0.6) is 0 Å². The van der Waals surface area contributed by atoms with Gasteiger partial charge in [-0.25, -0.2) is 0 Å². The Balaban J connectivity index is 1.55. The number of rotatable bonds is 3. The van der Waals surface area contributed by atoms with E-state index in [-0.39, 0.29) is 17.9 Å². The highest BCUT2D eigenvalue weighted by Crippen LogP contribution is 2.34. The standard InChI is InChI=1S/C16H23N3O2S/c1-13(20)18-9-7-17(8-10-18)12-16(21)19-6-2-4-14(19)15-5-3-11-22-15/h3,5,11,14H,2,4,6-10,12H2,1H3. The predicted octanol–water partition coefficient (Wildman–Crippen LogP) is 1.58. The zero-order valence-electron chi connectivity index (χ0n) is 13.0. The van der Waals surface area contributed by atoms with Crippen LogP contribution < -0.4 is 0 Å². The molecule has 0 radical (unpaired) electrons. The number of thiophene rings is 1. The van der Waals surface area contributed by atoms with Crippen molar-refractivity contribution in [2.75, 3.05) is 39.3 Å². The van der Waals surface area contributed by atoms with Gasteiger partial charge in [0.2, 0.25) is 11.8 Å². The fraction of sp³-hybridized carbons (Fsp3) is 0.625. The molecule has 2 amide bonds. The molecule has 0 aliphatic carbocycles. The van der Waals surface area contributed by atoms with Gasteiger partial charge in [0.05, 0.1) is 12.6 Å². The van der Waals surface area contributed by atoms with Gasteiger partial charge in [0.15, 0.2) is 0 Å². The minimum atomic E-state index is 0.128. The first-order valence-corrected chi connectivity index (χ1v) is 8.84. The molecule has 0 saturated carbocycles. The van der Waals surface area contributed by atoms with E-state index in [1.165, 1.54) is 4.88 Å². The van der Waals surface area contributed by atoms with E-state index in [9.17, 15) is 9.59 Å². The molecule has 1 aromatic heterocycles. The molecule has 0 N–H and O–H groups in total. The predicted molar refractivity (Wildman–Crippen MR) is 86.7 cm³/mol. The van der Waals surface area contributed by atoms with E-state index < -0.39 is 0 Å². The molecule has 2 aliphatic heterocycles. The summed E-state index contributed by atoms with van der Waals surface area (Å²) < 4.78 is 0. The number of amides is 2. The number of likely N-dealkylation sites (tertiary alicyclic amines) is 1. The summed E-state index contributed by atoms with van der Waals surface area (Å²) >= 11 is 1.74. The zero-order chi connectivity index (χ0) is 15.5. The van der Waals surface area contributed by atoms with Gasteiger partial charge < -0.3 is 9.80 Å². The topological polar surface area (TPSA) is 43.9 Å². The number of hydrogen-bond acceptors (Lipinski definition) is 4. The van der Waals surface area contributed by atoms with E-state index in [0.717, 1.165) is 45.6 Å². The highest BCUT2D eigenvalue weighted by atomic mass is 32.1. The Bertz CT molecular complexity index is 524. The van der Waals surface area contributed by atoms with Crippen LogP contribution in [0.2, 0.25) is 0 Å². The van der Waals surface area contributed by atoms with Crippen molar-refractivity contribution in [3.8, 4) is 0 Å². The Labute approximate surface area is 135 Å². The minimum absolute atomic E-state index is 0.128. The average molecular weight is 321 g/mol. The molecule has 1 atom stereocenters. The van der Waals surface area contributed by atoms with Gasteiger partial charge >= 0.3 is 0 Å². The first-order chi connectivity index (χ1) is 10.6. The molecule has 0 bridgehead atoms. The van der Waals surface area contributed by atoms with Gasteiger partial charge in [0.1, 0.15) is 0 Å². The molecule has 2 saturated heterocycles. The average Bonchev–Trinajstić information content (AvgIpc) is 3.18. The maximum Gasteiger partial charge on any atom is 0.237 e. The summed E-state index contributed by atoms with van der Waals surface area (Å²) in [7, 11) is 0. The van der Waals surface area contributed by atoms with Gasteiger partial charge in [-0.2, -0.15) is 0 Å². The largest absolute Gasteiger partial charge is 0.340 e. The third-order valence-corrected chi connectivity index (χ3v) is 5.59. The number of piperazine rings is 1. The molecule has 0 spiro atoms. The molecular formula is C16H23N3O2S. The third-order valence-electron chi connectivity index (χ3n) is 4.62. The quantitative estimate of drug-likeness (QED) is 0.849. The lowest BCUT2D eigenvalue weighted by Crippen LogP contribution is -2.51. The molecule has 22 heavy (non-hydrogen) atoms. The molecule has 2 fully saturated rings. The first-order valence-electron chi connectivity index (χ1n) is 7.96. The van der Waals surface area contributed by atoms with E-state index in [1.54, 1.807) is 18.3 Å². The van der Waals surface area contributed by atoms with Crippen LogP contribution in [0.1, 0.15) is 30.7 Å². The second-order valence-corrected chi connectivity index (χ2v) is 7.02. The summed E-state index contributed by atoms with van der Waals surface area (Å²) in [5.74, 6) is 0.357. The molecule has 2 aliphatic rings. The summed E-state index contributed by atoms with van der Waals surface area (Å²) in [5.41, 5.74) is 0. The van der Waals surface area contributed by atoms with Crippen LogP contribution >= 0.6 is 11.3 Å². The fourth-order valence-electron chi connectivity index (χ4n) is 3.34. The maximum absolute atomic E-state index is 12.6. The van der Waals surface area contributed by atoms with Gasteiger partial charge in [-0.3, -0.25) is 14.5 Å². The molecule has 3 heterocycles. The van der Waals surface area contributed by atoms with Crippen molar-refractivity contribution in [2.45, 2.75) is 25.8 Å². The van der Waals surface area contributed by atoms with Crippen LogP contribution in [0, 0.1) is 0 Å². The number of nitrogens with zero attached hydrogens (tertiary/aromatic N) is 3. The van der Waals surface area contributed by atoms with Crippen molar-refractivity contribution < 1.29 is 9.59 Å². The zero-order valence-corrected chi connectivity index (χ0v) is 13.8. The summed E-state index contributed by atoms with van der Waals surface area (Å²) in [6.07, 6.45) is 2.16. The third kappa shape index (κ3) is 3.33. The lowest BCUT2D eigenvalue weighted by atomic mass is 10.2. The van der Waals surface area contributed by atoms with E-state index in [1.807, 2.05) is 9.80 Å². The van der Waals surface area contributed by atoms with Gasteiger partial charge in [-0.1, -0.05) is 6.07 Å². The second kappa shape index (κ2) is 6.79. The molecule has 5 nitrogen and oxygen atoms in total. The maximum atomic E-state index is 12.6. The molecule has 1 aromatic rings. The summed E-state index contributed by atoms with van der Waals surface area (Å²) in [4.78, 5) is 31.4. The minimum Gasteiger partial charge on any atom is -0.340 e. The van der Waals surface area contributed by atoms with Gasteiger partial charge in [0.25, 0.3) is 0 Å². The van der Waals surface area contributed by atoms with Crippen LogP contribution in [0.25, 0.3) is 0 Å². The Morgan fingerprint density at radius 3 is 2.64 bits per heavy atom. The Morgan fingerprint density at radius 1 is 1.23 bits per heavy atom. The van der Waals surface area contributed by atoms with Crippen LogP contribution in [-0.2, 0) is 9.59 Å². The highest BCUT2D eigenvalue weighted by Gasteiger charge is 2.31. The molecule has 1 unspecified atom stereocenters. The monoisotopic (exact) mass is 321 g/mol. The molecule has 6 heteroatoms. The summed E-state index contributed by atoms with van der Waals surface area (Å²) in [6, 6.07) is 4.46. The first kappa shape index (κ1) is 15.5. The molecule has 3 rings (SSSR count). The lowest BCUT2D eigenvalue weighted by Gasteiger charge is -2.35. The molecular weight excluding hydrogens is 298 g/mol. The normalized spacial score (nSPS) is 23.0. The lowest BCUT2D eigenvalue weighted by molar-refractivity contribution is -0.134. The summed E-state index contributed by atoms with van der Waals surface area (Å²) in [6.45, 7) is 6.01. The highest BCUT2D eigenvalue weighted by molar-refractivity contribution is 7.10. The van der Waals surface area contributed by atoms with Crippen molar-refractivity contribution in [1.29, 1.82) is 0 Å². The molecule has 120 valence electrons. The van der Waals surface area contributed by atoms with Crippen molar-refractivity contribution in [3.63, 3.8) is 0 Å². The van der Waals surface area contributed by atoms with E-state index in [0.29, 0.717) is 6.54 Å². The summed E-state index contributed by atoms with van der Waals surface area (Å²) in [5, 5.41) is 2.08. The van der Waals surface area contributed by atoms with Crippen molar-refractivity contribution in [2.24, 2.45) is 0 Å². The number of carbonyl (C=O) groups excluding carboxylic acids is 2. The number of carbonyl (C=O) groups is 2. The Kier molecular flexibility index (Phi) is 4.78. The fourth-order valence-corrected chi connectivity index (χ4v) is 4.22. The molecule has 0 aromatic carbocycles. The van der Waals surface area contributed by atoms with Crippen LogP contribution in [-0.4, -0.2) is 65.8 Å². The van der Waals surface area contributed by atoms with E-state index in [4.69, 9.17) is 0 Å². The smallest absolute Gasteiger partial charge is 0.237 e. The van der Waals surface area contributed by atoms with Crippen molar-refractivity contribution in [1.82, 2.24) is 14.7 Å². The van der Waals surface area contributed by atoms with Gasteiger partial charge in [-0.15, -0.1) is 11.3 Å². The van der Waals surface area contributed by atoms with Gasteiger partial charge in [-0.05, 0) is 24.3 Å². The van der Waals surface area contributed by atoms with E-state index in [2.05, 4.69) is 22.4 Å². The SMILES string of the molecule is CC(=O)N1CCN(CC(=O)N2CCCC2c2cccs2)CC1. The van der Waals surface area contributed by atoms with Crippen molar-refractivity contribution in [3.05, 3.63) is 22.4 Å². The Morgan fingerprint density at radius 2 is 2.00 bits per heavy atom.